The fourth-order valence-corrected chi connectivity index (χ4v) is 3.65. The number of rotatable bonds is 5. The summed E-state index contributed by atoms with van der Waals surface area (Å²) in [5.74, 6) is -2.15. The zero-order valence-electron chi connectivity index (χ0n) is 16.8. The molecule has 31 heavy (non-hydrogen) atoms. The fourth-order valence-electron chi connectivity index (χ4n) is 3.39. The summed E-state index contributed by atoms with van der Waals surface area (Å²) in [6.07, 6.45) is 6.80. The number of aliphatic carboxylic acids is 2. The van der Waals surface area contributed by atoms with Crippen LogP contribution in [0.15, 0.2) is 48.9 Å². The molecule has 0 saturated carbocycles. The number of pyridine rings is 1. The van der Waals surface area contributed by atoms with Crippen molar-refractivity contribution in [1.82, 2.24) is 20.1 Å². The molecule has 9 heteroatoms. The van der Waals surface area contributed by atoms with Crippen molar-refractivity contribution < 1.29 is 19.8 Å². The van der Waals surface area contributed by atoms with Crippen LogP contribution in [0.3, 0.4) is 0 Å². The Morgan fingerprint density at radius 3 is 2.32 bits per heavy atom. The highest BCUT2D eigenvalue weighted by molar-refractivity contribution is 6.32. The van der Waals surface area contributed by atoms with E-state index in [1.807, 2.05) is 35.1 Å². The number of nitrogens with zero attached hydrogens (tertiary/aromatic N) is 3. The molecule has 4 rings (SSSR count). The largest absolute Gasteiger partial charge is 0.481 e. The zero-order chi connectivity index (χ0) is 22.2. The third-order valence-corrected chi connectivity index (χ3v) is 5.14. The first-order chi connectivity index (χ1) is 15.0. The maximum atomic E-state index is 9.64. The first kappa shape index (κ1) is 22.5. The van der Waals surface area contributed by atoms with E-state index in [0.717, 1.165) is 47.9 Å². The SMILES string of the molecule is Clc1ccc2c(c1-n1nccc1-c1ccncc1)CCNCC2.O=C(O)CCC(=O)O. The minimum atomic E-state index is -1.08. The van der Waals surface area contributed by atoms with Crippen molar-refractivity contribution in [3.63, 3.8) is 0 Å². The molecular weight excluding hydrogens is 420 g/mol. The Labute approximate surface area is 184 Å². The third-order valence-electron chi connectivity index (χ3n) is 4.84. The van der Waals surface area contributed by atoms with Crippen LogP contribution in [-0.2, 0) is 22.4 Å². The van der Waals surface area contributed by atoms with Crippen molar-refractivity contribution >= 4 is 23.5 Å². The number of carboxylic acid groups (broad SMARTS) is 2. The number of benzene rings is 1. The van der Waals surface area contributed by atoms with Gasteiger partial charge >= 0.3 is 11.9 Å². The molecule has 162 valence electrons. The van der Waals surface area contributed by atoms with Crippen LogP contribution in [0.25, 0.3) is 16.9 Å². The molecule has 3 heterocycles. The Morgan fingerprint density at radius 2 is 1.65 bits per heavy atom. The van der Waals surface area contributed by atoms with Gasteiger partial charge in [0.2, 0.25) is 0 Å². The van der Waals surface area contributed by atoms with E-state index < -0.39 is 11.9 Å². The lowest BCUT2D eigenvalue weighted by atomic mass is 10.0. The Kier molecular flexibility index (Phi) is 7.75. The minimum absolute atomic E-state index is 0.296. The van der Waals surface area contributed by atoms with Crippen molar-refractivity contribution in [1.29, 1.82) is 0 Å². The molecule has 3 N–H and O–H groups in total. The van der Waals surface area contributed by atoms with Gasteiger partial charge in [-0.1, -0.05) is 17.7 Å². The van der Waals surface area contributed by atoms with Crippen LogP contribution >= 0.6 is 11.6 Å². The Balaban J connectivity index is 0.000000293. The van der Waals surface area contributed by atoms with E-state index in [9.17, 15) is 9.59 Å². The summed E-state index contributed by atoms with van der Waals surface area (Å²) in [6, 6.07) is 10.1. The van der Waals surface area contributed by atoms with Crippen molar-refractivity contribution in [3.8, 4) is 16.9 Å². The second-order valence-corrected chi connectivity index (χ2v) is 7.34. The molecule has 0 spiro atoms. The van der Waals surface area contributed by atoms with Gasteiger partial charge in [0.25, 0.3) is 0 Å². The van der Waals surface area contributed by atoms with Crippen molar-refractivity contribution in [3.05, 3.63) is 65.1 Å². The molecule has 8 nitrogen and oxygen atoms in total. The Hall–Kier alpha value is -3.23. The molecule has 0 amide bonds. The Bertz CT molecular complexity index is 1040. The summed E-state index contributed by atoms with van der Waals surface area (Å²) in [5.41, 5.74) is 5.76. The van der Waals surface area contributed by atoms with Crippen LogP contribution in [0.2, 0.25) is 5.02 Å². The van der Waals surface area contributed by atoms with Crippen molar-refractivity contribution in [2.45, 2.75) is 25.7 Å². The van der Waals surface area contributed by atoms with Gasteiger partial charge < -0.3 is 15.5 Å². The summed E-state index contributed by atoms with van der Waals surface area (Å²) < 4.78 is 1.96. The number of carbonyl (C=O) groups is 2. The molecule has 0 saturated heterocycles. The van der Waals surface area contributed by atoms with E-state index in [4.69, 9.17) is 21.8 Å². The highest BCUT2D eigenvalue weighted by Crippen LogP contribution is 2.32. The van der Waals surface area contributed by atoms with Gasteiger partial charge in [-0.3, -0.25) is 14.6 Å². The number of halogens is 1. The van der Waals surface area contributed by atoms with Crippen LogP contribution < -0.4 is 5.32 Å². The first-order valence-corrected chi connectivity index (χ1v) is 10.2. The number of aromatic nitrogens is 3. The standard InChI is InChI=1S/C18H17ClN4.C4H6O4/c19-16-2-1-13-3-8-21-11-6-15(13)18(16)23-17(7-12-22-23)14-4-9-20-10-5-14;5-3(6)1-2-4(7)8/h1-2,4-5,7,9-10,12,21H,3,6,8,11H2;1-2H2,(H,5,6)(H,7,8). The van der Waals surface area contributed by atoms with Gasteiger partial charge in [-0.15, -0.1) is 0 Å². The summed E-state index contributed by atoms with van der Waals surface area (Å²) in [5, 5.41) is 24.5. The highest BCUT2D eigenvalue weighted by atomic mass is 35.5. The van der Waals surface area contributed by atoms with Crippen LogP contribution in [0.4, 0.5) is 0 Å². The summed E-state index contributed by atoms with van der Waals surface area (Å²) in [6.45, 7) is 1.97. The van der Waals surface area contributed by atoms with Crippen LogP contribution in [0, 0.1) is 0 Å². The lowest BCUT2D eigenvalue weighted by molar-refractivity contribution is -0.143. The second-order valence-electron chi connectivity index (χ2n) is 6.94. The maximum Gasteiger partial charge on any atom is 0.303 e. The second kappa shape index (κ2) is 10.7. The van der Waals surface area contributed by atoms with Gasteiger partial charge in [0.1, 0.15) is 0 Å². The maximum absolute atomic E-state index is 9.64. The Morgan fingerprint density at radius 1 is 0.968 bits per heavy atom. The molecule has 0 unspecified atom stereocenters. The van der Waals surface area contributed by atoms with Gasteiger partial charge in [0, 0.05) is 18.0 Å². The predicted molar refractivity (Wildman–Crippen MR) is 117 cm³/mol. The molecule has 0 fully saturated rings. The third kappa shape index (κ3) is 5.90. The number of carboxylic acids is 2. The lowest BCUT2D eigenvalue weighted by Crippen LogP contribution is -2.16. The first-order valence-electron chi connectivity index (χ1n) is 9.86. The van der Waals surface area contributed by atoms with Gasteiger partial charge in [0.15, 0.2) is 0 Å². The summed E-state index contributed by atoms with van der Waals surface area (Å²) in [4.78, 5) is 23.4. The quantitative estimate of drug-likeness (QED) is 0.555. The van der Waals surface area contributed by atoms with E-state index in [2.05, 4.69) is 21.5 Å². The highest BCUT2D eigenvalue weighted by Gasteiger charge is 2.19. The molecule has 1 aliphatic rings. The molecule has 1 aromatic carbocycles. The zero-order valence-corrected chi connectivity index (χ0v) is 17.5. The molecule has 3 aromatic rings. The van der Waals surface area contributed by atoms with Crippen LogP contribution in [-0.4, -0.2) is 50.0 Å². The molecule has 0 bridgehead atoms. The van der Waals surface area contributed by atoms with Crippen LogP contribution in [0.1, 0.15) is 24.0 Å². The number of hydrogen-bond donors (Lipinski definition) is 3. The molecule has 1 aliphatic heterocycles. The fraction of sp³-hybridized carbons (Fsp3) is 0.273. The summed E-state index contributed by atoms with van der Waals surface area (Å²) in [7, 11) is 0. The molecule has 0 atom stereocenters. The average Bonchev–Trinajstić information content (AvgIpc) is 3.11. The number of fused-ring (bicyclic) bond motifs is 1. The number of hydrogen-bond acceptors (Lipinski definition) is 5. The van der Waals surface area contributed by atoms with E-state index in [0.29, 0.717) is 0 Å². The van der Waals surface area contributed by atoms with Gasteiger partial charge in [-0.25, -0.2) is 4.68 Å². The molecule has 2 aromatic heterocycles. The van der Waals surface area contributed by atoms with Gasteiger partial charge in [-0.05, 0) is 61.3 Å². The molecular formula is C22H23ClN4O4. The smallest absolute Gasteiger partial charge is 0.303 e. The van der Waals surface area contributed by atoms with E-state index in [1.54, 1.807) is 12.4 Å². The van der Waals surface area contributed by atoms with Crippen LogP contribution in [0.5, 0.6) is 0 Å². The normalized spacial score (nSPS) is 12.8. The average molecular weight is 443 g/mol. The monoisotopic (exact) mass is 442 g/mol. The minimum Gasteiger partial charge on any atom is -0.481 e. The van der Waals surface area contributed by atoms with Gasteiger partial charge in [-0.2, -0.15) is 5.10 Å². The molecule has 0 aliphatic carbocycles. The summed E-state index contributed by atoms with van der Waals surface area (Å²) >= 11 is 6.57. The van der Waals surface area contributed by atoms with Gasteiger partial charge in [0.05, 0.1) is 35.4 Å². The van der Waals surface area contributed by atoms with E-state index >= 15 is 0 Å². The predicted octanol–water partition coefficient (Wildman–Crippen LogP) is 3.21. The van der Waals surface area contributed by atoms with E-state index in [-0.39, 0.29) is 12.8 Å². The van der Waals surface area contributed by atoms with E-state index in [1.165, 1.54) is 11.1 Å². The van der Waals surface area contributed by atoms with Crippen molar-refractivity contribution in [2.75, 3.05) is 13.1 Å². The topological polar surface area (TPSA) is 117 Å². The lowest BCUT2D eigenvalue weighted by Gasteiger charge is -2.16. The number of nitrogens with one attached hydrogen (secondary N) is 1. The van der Waals surface area contributed by atoms with Crippen molar-refractivity contribution in [2.24, 2.45) is 0 Å². The molecule has 0 radical (unpaired) electrons.